The first kappa shape index (κ1) is 33.7. The van der Waals surface area contributed by atoms with E-state index in [-0.39, 0.29) is 31.2 Å². The number of aliphatic hydroxyl groups excluding tert-OH is 1. The topological polar surface area (TPSA) is 81.7 Å². The van der Waals surface area contributed by atoms with Crippen LogP contribution < -0.4 is 10.6 Å². The summed E-state index contributed by atoms with van der Waals surface area (Å²) >= 11 is 0. The first-order valence-corrected chi connectivity index (χ1v) is 15.7. The van der Waals surface area contributed by atoms with Crippen LogP contribution in [0.4, 0.5) is 8.78 Å². The van der Waals surface area contributed by atoms with Crippen LogP contribution in [0.3, 0.4) is 0 Å². The van der Waals surface area contributed by atoms with Crippen molar-refractivity contribution in [3.05, 3.63) is 70.8 Å². The van der Waals surface area contributed by atoms with Crippen LogP contribution in [-0.2, 0) is 29.0 Å². The molecule has 0 aromatic heterocycles. The summed E-state index contributed by atoms with van der Waals surface area (Å²) in [6.45, 7) is 8.36. The Morgan fingerprint density at radius 3 is 2.19 bits per heavy atom. The zero-order chi connectivity index (χ0) is 30.5. The van der Waals surface area contributed by atoms with E-state index in [1.165, 1.54) is 17.7 Å². The van der Waals surface area contributed by atoms with Crippen LogP contribution in [0.15, 0.2) is 42.5 Å². The van der Waals surface area contributed by atoms with Crippen LogP contribution in [0.25, 0.3) is 0 Å². The quantitative estimate of drug-likeness (QED) is 0.223. The fourth-order valence-electron chi connectivity index (χ4n) is 6.21. The van der Waals surface area contributed by atoms with Gasteiger partial charge in [-0.3, -0.25) is 9.59 Å². The van der Waals surface area contributed by atoms with Gasteiger partial charge >= 0.3 is 0 Å². The molecule has 8 heteroatoms. The minimum atomic E-state index is -1.000. The second kappa shape index (κ2) is 16.7. The number of rotatable bonds is 17. The van der Waals surface area contributed by atoms with Crippen molar-refractivity contribution in [2.45, 2.75) is 104 Å². The molecular weight excluding hydrogens is 536 g/mol. The van der Waals surface area contributed by atoms with Gasteiger partial charge < -0.3 is 20.6 Å². The highest BCUT2D eigenvalue weighted by molar-refractivity contribution is 5.80. The van der Waals surface area contributed by atoms with Crippen molar-refractivity contribution >= 4 is 11.8 Å². The monoisotopic (exact) mass is 585 g/mol. The number of hydrogen-bond acceptors (Lipinski definition) is 4. The molecule has 2 aromatic rings. The van der Waals surface area contributed by atoms with Gasteiger partial charge in [-0.15, -0.1) is 0 Å². The molecule has 3 N–H and O–H groups in total. The molecule has 232 valence electrons. The van der Waals surface area contributed by atoms with E-state index in [9.17, 15) is 23.5 Å². The number of carbonyl (C=O) groups is 2. The van der Waals surface area contributed by atoms with Crippen molar-refractivity contribution in [2.24, 2.45) is 5.41 Å². The minimum absolute atomic E-state index is 0.0707. The first-order valence-electron chi connectivity index (χ1n) is 15.7. The third kappa shape index (κ3) is 10.5. The molecule has 0 spiro atoms. The summed E-state index contributed by atoms with van der Waals surface area (Å²) in [4.78, 5) is 28.7. The number of aryl methyl sites for hydroxylation is 1. The van der Waals surface area contributed by atoms with E-state index in [0.717, 1.165) is 56.6 Å². The predicted molar refractivity (Wildman–Crippen MR) is 163 cm³/mol. The normalized spacial score (nSPS) is 15.8. The number of hydrogen-bond donors (Lipinski definition) is 3. The summed E-state index contributed by atoms with van der Waals surface area (Å²) in [7, 11) is 0. The number of nitrogens with zero attached hydrogens (tertiary/aromatic N) is 1. The van der Waals surface area contributed by atoms with Gasteiger partial charge in [0, 0.05) is 45.1 Å². The summed E-state index contributed by atoms with van der Waals surface area (Å²) in [5.74, 6) is -1.56. The summed E-state index contributed by atoms with van der Waals surface area (Å²) in [5, 5.41) is 17.4. The second-order valence-corrected chi connectivity index (χ2v) is 12.0. The number of carbonyl (C=O) groups excluding carboxylic acids is 2. The van der Waals surface area contributed by atoms with Gasteiger partial charge in [0.05, 0.1) is 12.1 Å². The standard InChI is InChI=1S/C34H49F2N3O3/c1-4-14-39(15-5-2)33(42)22-34(12-7-8-13-34)21-32(41)38-30(19-27-17-28(35)20-29(36)18-27)31(40)24-37-23-26-11-9-10-25(6-3)16-26/h9-11,16-18,20,30-31,37,40H,4-8,12-15,19,21-24H2,1-3H3,(H,38,41). The molecule has 0 bridgehead atoms. The van der Waals surface area contributed by atoms with E-state index in [4.69, 9.17) is 0 Å². The van der Waals surface area contributed by atoms with Crippen LogP contribution in [0.2, 0.25) is 0 Å². The molecule has 0 saturated heterocycles. The molecule has 2 amide bonds. The van der Waals surface area contributed by atoms with Crippen LogP contribution >= 0.6 is 0 Å². The molecule has 6 nitrogen and oxygen atoms in total. The molecule has 2 atom stereocenters. The number of benzene rings is 2. The molecule has 0 aliphatic heterocycles. The van der Waals surface area contributed by atoms with Crippen molar-refractivity contribution in [1.82, 2.24) is 15.5 Å². The molecule has 1 aliphatic carbocycles. The number of nitrogens with one attached hydrogen (secondary N) is 2. The predicted octanol–water partition coefficient (Wildman–Crippen LogP) is 5.69. The third-order valence-electron chi connectivity index (χ3n) is 8.34. The van der Waals surface area contributed by atoms with E-state index >= 15 is 0 Å². The van der Waals surface area contributed by atoms with Gasteiger partial charge in [-0.2, -0.15) is 0 Å². The van der Waals surface area contributed by atoms with Crippen LogP contribution in [-0.4, -0.2) is 53.6 Å². The summed E-state index contributed by atoms with van der Waals surface area (Å²) in [5.41, 5.74) is 2.25. The van der Waals surface area contributed by atoms with Crippen molar-refractivity contribution < 1.29 is 23.5 Å². The van der Waals surface area contributed by atoms with Crippen LogP contribution in [0, 0.1) is 17.0 Å². The maximum Gasteiger partial charge on any atom is 0.223 e. The molecule has 42 heavy (non-hydrogen) atoms. The molecule has 3 rings (SSSR count). The second-order valence-electron chi connectivity index (χ2n) is 12.0. The molecule has 0 heterocycles. The molecule has 2 unspecified atom stereocenters. The van der Waals surface area contributed by atoms with Gasteiger partial charge in [0.1, 0.15) is 11.6 Å². The lowest BCUT2D eigenvalue weighted by molar-refractivity contribution is -0.135. The Bertz CT molecular complexity index is 1130. The lowest BCUT2D eigenvalue weighted by atomic mass is 9.78. The van der Waals surface area contributed by atoms with Crippen LogP contribution in [0.5, 0.6) is 0 Å². The summed E-state index contributed by atoms with van der Waals surface area (Å²) < 4.78 is 27.9. The lowest BCUT2D eigenvalue weighted by Crippen LogP contribution is -2.49. The van der Waals surface area contributed by atoms with E-state index in [1.807, 2.05) is 17.0 Å². The Balaban J connectivity index is 1.70. The van der Waals surface area contributed by atoms with E-state index in [2.05, 4.69) is 43.5 Å². The number of amides is 2. The van der Waals surface area contributed by atoms with Gasteiger partial charge in [-0.1, -0.05) is 57.9 Å². The number of aliphatic hydroxyl groups is 1. The third-order valence-corrected chi connectivity index (χ3v) is 8.34. The highest BCUT2D eigenvalue weighted by Gasteiger charge is 2.39. The zero-order valence-corrected chi connectivity index (χ0v) is 25.6. The van der Waals surface area contributed by atoms with Gasteiger partial charge in [-0.05, 0) is 72.8 Å². The Kier molecular flexibility index (Phi) is 13.4. The Morgan fingerprint density at radius 2 is 1.57 bits per heavy atom. The molecule has 1 aliphatic rings. The van der Waals surface area contributed by atoms with E-state index in [1.54, 1.807) is 0 Å². The fraction of sp³-hybridized carbons (Fsp3) is 0.588. The van der Waals surface area contributed by atoms with E-state index < -0.39 is 29.2 Å². The summed E-state index contributed by atoms with van der Waals surface area (Å²) in [6, 6.07) is 10.7. The molecule has 1 saturated carbocycles. The Hall–Kier alpha value is -2.84. The van der Waals surface area contributed by atoms with Gasteiger partial charge in [-0.25, -0.2) is 8.78 Å². The van der Waals surface area contributed by atoms with Crippen LogP contribution in [0.1, 0.15) is 88.8 Å². The first-order chi connectivity index (χ1) is 20.2. The molecule has 0 radical (unpaired) electrons. The largest absolute Gasteiger partial charge is 0.390 e. The van der Waals surface area contributed by atoms with Gasteiger partial charge in [0.15, 0.2) is 0 Å². The number of halogens is 2. The van der Waals surface area contributed by atoms with Crippen molar-refractivity contribution in [1.29, 1.82) is 0 Å². The fourth-order valence-corrected chi connectivity index (χ4v) is 6.21. The maximum atomic E-state index is 14.0. The average molecular weight is 586 g/mol. The van der Waals surface area contributed by atoms with Gasteiger partial charge in [0.2, 0.25) is 11.8 Å². The summed E-state index contributed by atoms with van der Waals surface area (Å²) in [6.07, 6.45) is 5.84. The lowest BCUT2D eigenvalue weighted by Gasteiger charge is -2.32. The SMILES string of the molecule is CCCN(CCC)C(=O)CC1(CC(=O)NC(Cc2cc(F)cc(F)c2)C(O)CNCc2cccc(CC)c2)CCCC1. The Morgan fingerprint density at radius 1 is 0.929 bits per heavy atom. The minimum Gasteiger partial charge on any atom is -0.390 e. The van der Waals surface area contributed by atoms with Gasteiger partial charge in [0.25, 0.3) is 0 Å². The highest BCUT2D eigenvalue weighted by Crippen LogP contribution is 2.44. The smallest absolute Gasteiger partial charge is 0.223 e. The zero-order valence-electron chi connectivity index (χ0n) is 25.6. The molecule has 2 aromatic carbocycles. The Labute approximate surface area is 250 Å². The van der Waals surface area contributed by atoms with Crippen molar-refractivity contribution in [3.8, 4) is 0 Å². The maximum absolute atomic E-state index is 14.0. The van der Waals surface area contributed by atoms with Crippen molar-refractivity contribution in [3.63, 3.8) is 0 Å². The highest BCUT2D eigenvalue weighted by atomic mass is 19.1. The molecule has 1 fully saturated rings. The van der Waals surface area contributed by atoms with Crippen molar-refractivity contribution in [2.75, 3.05) is 19.6 Å². The van der Waals surface area contributed by atoms with E-state index in [0.29, 0.717) is 31.6 Å². The average Bonchev–Trinajstić information content (AvgIpc) is 3.39. The molecular formula is C34H49F2N3O3.